The first-order chi connectivity index (χ1) is 6.40. The van der Waals surface area contributed by atoms with Gasteiger partial charge < -0.3 is 5.73 Å². The number of ketones is 1. The van der Waals surface area contributed by atoms with Crippen LogP contribution < -0.4 is 5.73 Å². The van der Waals surface area contributed by atoms with Gasteiger partial charge in [-0.05, 0) is 26.8 Å². The van der Waals surface area contributed by atoms with Crippen LogP contribution in [-0.4, -0.2) is 31.7 Å². The van der Waals surface area contributed by atoms with Crippen molar-refractivity contribution < 1.29 is 13.2 Å². The Kier molecular flexibility index (Phi) is 5.95. The van der Waals surface area contributed by atoms with Crippen LogP contribution in [0, 0.1) is 0 Å². The quantitative estimate of drug-likeness (QED) is 0.679. The van der Waals surface area contributed by atoms with Crippen LogP contribution in [0.4, 0.5) is 0 Å². The van der Waals surface area contributed by atoms with Crippen molar-refractivity contribution in [3.05, 3.63) is 0 Å². The first-order valence-corrected chi connectivity index (χ1v) is 6.55. The van der Waals surface area contributed by atoms with E-state index in [1.165, 1.54) is 0 Å². The molecule has 0 saturated heterocycles. The lowest BCUT2D eigenvalue weighted by atomic mass is 10.2. The highest BCUT2D eigenvalue weighted by molar-refractivity contribution is 7.91. The van der Waals surface area contributed by atoms with Crippen molar-refractivity contribution in [3.8, 4) is 0 Å². The Morgan fingerprint density at radius 2 is 1.86 bits per heavy atom. The van der Waals surface area contributed by atoms with Crippen molar-refractivity contribution in [2.75, 3.05) is 12.3 Å². The second-order valence-corrected chi connectivity index (χ2v) is 6.27. The van der Waals surface area contributed by atoms with E-state index in [2.05, 4.69) is 0 Å². The smallest absolute Gasteiger partial charge is 0.153 e. The topological polar surface area (TPSA) is 77.2 Å². The van der Waals surface area contributed by atoms with Gasteiger partial charge in [0.2, 0.25) is 0 Å². The lowest BCUT2D eigenvalue weighted by Crippen LogP contribution is -2.20. The van der Waals surface area contributed by atoms with Gasteiger partial charge in [0.05, 0.1) is 11.0 Å². The summed E-state index contributed by atoms with van der Waals surface area (Å²) in [6, 6.07) is 0. The molecule has 4 nitrogen and oxygen atoms in total. The maximum Gasteiger partial charge on any atom is 0.153 e. The Labute approximate surface area is 85.8 Å². The summed E-state index contributed by atoms with van der Waals surface area (Å²) in [6.45, 7) is 3.72. The molecule has 0 amide bonds. The highest BCUT2D eigenvalue weighted by Gasteiger charge is 2.17. The van der Waals surface area contributed by atoms with Crippen LogP contribution in [0.3, 0.4) is 0 Å². The molecule has 0 atom stereocenters. The number of Topliss-reactive ketones (excluding diaryl/α,β-unsaturated/α-hetero) is 1. The van der Waals surface area contributed by atoms with Gasteiger partial charge in [0.25, 0.3) is 0 Å². The van der Waals surface area contributed by atoms with Crippen molar-refractivity contribution in [3.63, 3.8) is 0 Å². The van der Waals surface area contributed by atoms with Crippen molar-refractivity contribution in [1.29, 1.82) is 0 Å². The first-order valence-electron chi connectivity index (χ1n) is 4.83. The average molecular weight is 221 g/mol. The molecule has 0 aliphatic heterocycles. The van der Waals surface area contributed by atoms with Gasteiger partial charge in [0.15, 0.2) is 9.84 Å². The number of rotatable bonds is 7. The van der Waals surface area contributed by atoms with E-state index in [1.54, 1.807) is 13.8 Å². The number of nitrogens with two attached hydrogens (primary N) is 1. The zero-order chi connectivity index (χ0) is 11.2. The number of sulfone groups is 1. The monoisotopic (exact) mass is 221 g/mol. The fourth-order valence-corrected chi connectivity index (χ4v) is 1.90. The van der Waals surface area contributed by atoms with Crippen LogP contribution in [-0.2, 0) is 14.6 Å². The molecule has 0 spiro atoms. The van der Waals surface area contributed by atoms with Gasteiger partial charge in [-0.15, -0.1) is 0 Å². The number of carbonyl (C=O) groups is 1. The average Bonchev–Trinajstić information content (AvgIpc) is 2.11. The van der Waals surface area contributed by atoms with Gasteiger partial charge in [0, 0.05) is 12.8 Å². The zero-order valence-corrected chi connectivity index (χ0v) is 9.64. The molecular formula is C9H19NO3S. The van der Waals surface area contributed by atoms with Crippen LogP contribution in [0.5, 0.6) is 0 Å². The second kappa shape index (κ2) is 6.14. The molecular weight excluding hydrogens is 202 g/mol. The van der Waals surface area contributed by atoms with Crippen LogP contribution in [0.25, 0.3) is 0 Å². The first kappa shape index (κ1) is 13.6. The Bertz CT molecular complexity index is 270. The van der Waals surface area contributed by atoms with Crippen molar-refractivity contribution >= 4 is 15.6 Å². The molecule has 0 aliphatic carbocycles. The highest BCUT2D eigenvalue weighted by atomic mass is 32.2. The molecule has 0 saturated carbocycles. The summed E-state index contributed by atoms with van der Waals surface area (Å²) >= 11 is 0. The summed E-state index contributed by atoms with van der Waals surface area (Å²) in [4.78, 5) is 11.2. The van der Waals surface area contributed by atoms with Gasteiger partial charge in [0.1, 0.15) is 5.78 Å². The molecule has 0 rings (SSSR count). The fourth-order valence-electron chi connectivity index (χ4n) is 0.916. The Balaban J connectivity index is 3.89. The molecule has 0 fully saturated rings. The summed E-state index contributed by atoms with van der Waals surface area (Å²) in [5, 5.41) is -0.398. The Morgan fingerprint density at radius 3 is 2.29 bits per heavy atom. The van der Waals surface area contributed by atoms with E-state index in [9.17, 15) is 13.2 Å². The van der Waals surface area contributed by atoms with E-state index in [0.29, 0.717) is 19.4 Å². The van der Waals surface area contributed by atoms with E-state index in [0.717, 1.165) is 0 Å². The van der Waals surface area contributed by atoms with Gasteiger partial charge in [-0.25, -0.2) is 8.42 Å². The predicted molar refractivity (Wildman–Crippen MR) is 56.8 cm³/mol. The largest absolute Gasteiger partial charge is 0.330 e. The van der Waals surface area contributed by atoms with Crippen LogP contribution in [0.15, 0.2) is 0 Å². The van der Waals surface area contributed by atoms with E-state index >= 15 is 0 Å². The molecule has 0 unspecified atom stereocenters. The maximum atomic E-state index is 11.3. The summed E-state index contributed by atoms with van der Waals surface area (Å²) in [6.07, 6.45) is 1.16. The molecule has 5 heteroatoms. The van der Waals surface area contributed by atoms with Crippen molar-refractivity contribution in [1.82, 2.24) is 0 Å². The minimum absolute atomic E-state index is 0.0142. The maximum absolute atomic E-state index is 11.3. The minimum atomic E-state index is -3.07. The third kappa shape index (κ3) is 5.34. The molecule has 0 aromatic heterocycles. The third-order valence-corrected chi connectivity index (χ3v) is 4.25. The number of carbonyl (C=O) groups excluding carboxylic acids is 1. The van der Waals surface area contributed by atoms with Gasteiger partial charge in [-0.2, -0.15) is 0 Å². The van der Waals surface area contributed by atoms with Gasteiger partial charge >= 0.3 is 0 Å². The minimum Gasteiger partial charge on any atom is -0.330 e. The van der Waals surface area contributed by atoms with Crippen LogP contribution in [0.2, 0.25) is 0 Å². The summed E-state index contributed by atoms with van der Waals surface area (Å²) < 4.78 is 22.7. The third-order valence-electron chi connectivity index (χ3n) is 2.04. The van der Waals surface area contributed by atoms with Gasteiger partial charge in [-0.3, -0.25) is 4.79 Å². The van der Waals surface area contributed by atoms with Crippen molar-refractivity contribution in [2.24, 2.45) is 5.73 Å². The molecule has 14 heavy (non-hydrogen) atoms. The van der Waals surface area contributed by atoms with E-state index < -0.39 is 15.1 Å². The molecule has 0 heterocycles. The standard InChI is InChI=1S/C9H19NO3S/c1-8(2)14(12,13)7-5-9(11)4-3-6-10/h8H,3-7,10H2,1-2H3. The molecule has 0 aromatic carbocycles. The SMILES string of the molecule is CC(C)S(=O)(=O)CCC(=O)CCCN. The molecule has 0 bridgehead atoms. The predicted octanol–water partition coefficient (Wildman–Crippen LogP) is 0.508. The van der Waals surface area contributed by atoms with Crippen LogP contribution in [0.1, 0.15) is 33.1 Å². The molecule has 0 aromatic rings. The lowest BCUT2D eigenvalue weighted by Gasteiger charge is -2.06. The second-order valence-electron chi connectivity index (χ2n) is 3.60. The summed E-state index contributed by atoms with van der Waals surface area (Å²) in [5.41, 5.74) is 5.24. The number of hydrogen-bond acceptors (Lipinski definition) is 4. The summed E-state index contributed by atoms with van der Waals surface area (Å²) in [5.74, 6) is -0.0478. The molecule has 84 valence electrons. The highest BCUT2D eigenvalue weighted by Crippen LogP contribution is 2.04. The van der Waals surface area contributed by atoms with E-state index in [-0.39, 0.29) is 18.0 Å². The van der Waals surface area contributed by atoms with Crippen molar-refractivity contribution in [2.45, 2.75) is 38.4 Å². The van der Waals surface area contributed by atoms with E-state index in [1.807, 2.05) is 0 Å². The van der Waals surface area contributed by atoms with E-state index in [4.69, 9.17) is 5.73 Å². The lowest BCUT2D eigenvalue weighted by molar-refractivity contribution is -0.118. The van der Waals surface area contributed by atoms with Crippen LogP contribution >= 0.6 is 0 Å². The zero-order valence-electron chi connectivity index (χ0n) is 8.82. The Hall–Kier alpha value is -0.420. The summed E-state index contributed by atoms with van der Waals surface area (Å²) in [7, 11) is -3.07. The Morgan fingerprint density at radius 1 is 1.29 bits per heavy atom. The number of hydrogen-bond donors (Lipinski definition) is 1. The molecule has 0 radical (unpaired) electrons. The normalized spacial score (nSPS) is 12.0. The molecule has 2 N–H and O–H groups in total. The fraction of sp³-hybridized carbons (Fsp3) is 0.889. The van der Waals surface area contributed by atoms with Gasteiger partial charge in [-0.1, -0.05) is 0 Å². The molecule has 0 aliphatic rings.